The van der Waals surface area contributed by atoms with Crippen molar-refractivity contribution in [2.75, 3.05) is 25.9 Å². The van der Waals surface area contributed by atoms with Crippen LogP contribution >= 0.6 is 15.9 Å². The van der Waals surface area contributed by atoms with Crippen LogP contribution in [0, 0.1) is 17.1 Å². The highest BCUT2D eigenvalue weighted by atomic mass is 79.9. The second-order valence-corrected chi connectivity index (χ2v) is 10.9. The van der Waals surface area contributed by atoms with Crippen molar-refractivity contribution in [1.82, 2.24) is 19.8 Å². The molecule has 3 aromatic rings. The van der Waals surface area contributed by atoms with Gasteiger partial charge in [0.25, 0.3) is 0 Å². The van der Waals surface area contributed by atoms with Crippen LogP contribution in [-0.2, 0) is 27.9 Å². The molecular weight excluding hydrogens is 553 g/mol. The summed E-state index contributed by atoms with van der Waals surface area (Å²) in [6.45, 7) is 1.42. The minimum absolute atomic E-state index is 0.0159. The van der Waals surface area contributed by atoms with Crippen LogP contribution < -0.4 is 4.18 Å². The first kappa shape index (κ1) is 25.8. The van der Waals surface area contributed by atoms with Crippen LogP contribution in [0.2, 0.25) is 0 Å². The minimum atomic E-state index is -3.67. The molecule has 1 N–H and O–H groups in total. The van der Waals surface area contributed by atoms with Crippen LogP contribution in [0.1, 0.15) is 28.4 Å². The van der Waals surface area contributed by atoms with Gasteiger partial charge in [0.2, 0.25) is 5.91 Å². The van der Waals surface area contributed by atoms with Gasteiger partial charge in [-0.15, -0.1) is 0 Å². The number of H-pyrrole nitrogens is 1. The van der Waals surface area contributed by atoms with E-state index in [0.29, 0.717) is 25.1 Å². The smallest absolute Gasteiger partial charge is 0.306 e. The number of carbonyl (C=O) groups is 1. The number of benzene rings is 2. The third-order valence-corrected chi connectivity index (χ3v) is 7.15. The summed E-state index contributed by atoms with van der Waals surface area (Å²) in [7, 11) is -3.67. The number of nitrogens with one attached hydrogen (secondary N) is 1. The van der Waals surface area contributed by atoms with Crippen LogP contribution in [0.3, 0.4) is 0 Å². The van der Waals surface area contributed by atoms with Crippen molar-refractivity contribution in [3.63, 3.8) is 0 Å². The first-order chi connectivity index (χ1) is 17.1. The molecule has 1 saturated heterocycles. The quantitative estimate of drug-likeness (QED) is 0.410. The number of nitriles is 1. The Hall–Kier alpha value is -3.27. The van der Waals surface area contributed by atoms with Crippen molar-refractivity contribution < 1.29 is 21.8 Å². The van der Waals surface area contributed by atoms with Gasteiger partial charge in [-0.25, -0.2) is 9.37 Å². The molecule has 9 nitrogen and oxygen atoms in total. The van der Waals surface area contributed by atoms with Crippen LogP contribution in [-0.4, -0.2) is 60.0 Å². The molecule has 4 rings (SSSR count). The molecule has 1 fully saturated rings. The highest BCUT2D eigenvalue weighted by Crippen LogP contribution is 2.28. The first-order valence-corrected chi connectivity index (χ1v) is 13.6. The van der Waals surface area contributed by atoms with Gasteiger partial charge in [-0.3, -0.25) is 9.69 Å². The van der Waals surface area contributed by atoms with Gasteiger partial charge < -0.3 is 14.1 Å². The fraction of sp³-hybridized carbons (Fsp3) is 0.292. The van der Waals surface area contributed by atoms with E-state index in [9.17, 15) is 17.6 Å². The highest BCUT2D eigenvalue weighted by molar-refractivity contribution is 9.10. The van der Waals surface area contributed by atoms with Crippen molar-refractivity contribution in [2.45, 2.75) is 19.0 Å². The van der Waals surface area contributed by atoms with E-state index in [-0.39, 0.29) is 36.4 Å². The van der Waals surface area contributed by atoms with Gasteiger partial charge in [0.05, 0.1) is 36.4 Å². The van der Waals surface area contributed by atoms with Gasteiger partial charge >= 0.3 is 10.1 Å². The van der Waals surface area contributed by atoms with Crippen molar-refractivity contribution in [3.05, 3.63) is 81.6 Å². The number of hydrogen-bond donors (Lipinski definition) is 1. The van der Waals surface area contributed by atoms with Crippen LogP contribution in [0.25, 0.3) is 0 Å². The summed E-state index contributed by atoms with van der Waals surface area (Å²) in [5.41, 5.74) is 2.20. The Morgan fingerprint density at radius 2 is 2.08 bits per heavy atom. The number of aromatic nitrogens is 2. The van der Waals surface area contributed by atoms with Crippen LogP contribution in [0.5, 0.6) is 5.75 Å². The molecular formula is C24H23BrFN5O4S. The van der Waals surface area contributed by atoms with Crippen molar-refractivity contribution in [1.29, 1.82) is 5.26 Å². The third-order valence-electron chi connectivity index (χ3n) is 5.88. The zero-order valence-electron chi connectivity index (χ0n) is 19.3. The maximum atomic E-state index is 14.2. The molecule has 1 aliphatic rings. The van der Waals surface area contributed by atoms with Gasteiger partial charge in [-0.2, -0.15) is 13.7 Å². The number of nitrogens with zero attached hydrogens (tertiary/aromatic N) is 4. The normalized spacial score (nSPS) is 15.5. The summed E-state index contributed by atoms with van der Waals surface area (Å²) in [4.78, 5) is 24.0. The zero-order valence-corrected chi connectivity index (χ0v) is 21.7. The Morgan fingerprint density at radius 1 is 1.28 bits per heavy atom. The molecule has 1 amide bonds. The van der Waals surface area contributed by atoms with Gasteiger partial charge in [-0.1, -0.05) is 22.0 Å². The first-order valence-electron chi connectivity index (χ1n) is 11.0. The molecule has 2 heterocycles. The predicted octanol–water partition coefficient (Wildman–Crippen LogP) is 3.15. The molecule has 0 radical (unpaired) electrons. The Bertz CT molecular complexity index is 1410. The molecule has 0 bridgehead atoms. The number of aromatic amines is 1. The SMILES string of the molecule is CS(=O)(=O)Oc1ccc(Br)c(CN2CCN(C(Cc3ccc(C#N)c(F)c3)c3cnc[nH]3)CC2=O)c1. The Morgan fingerprint density at radius 3 is 2.72 bits per heavy atom. The van der Waals surface area contributed by atoms with Crippen molar-refractivity contribution in [2.24, 2.45) is 0 Å². The Labute approximate surface area is 216 Å². The summed E-state index contributed by atoms with van der Waals surface area (Å²) in [5.74, 6) is -0.499. The predicted molar refractivity (Wildman–Crippen MR) is 133 cm³/mol. The molecule has 1 aromatic heterocycles. The number of imidazole rings is 1. The van der Waals surface area contributed by atoms with E-state index in [4.69, 9.17) is 9.44 Å². The van der Waals surface area contributed by atoms with Crippen molar-refractivity contribution >= 4 is 32.0 Å². The average molecular weight is 576 g/mol. The van der Waals surface area contributed by atoms with Crippen LogP contribution in [0.4, 0.5) is 4.39 Å². The summed E-state index contributed by atoms with van der Waals surface area (Å²) >= 11 is 3.46. The number of hydrogen-bond acceptors (Lipinski definition) is 7. The number of amides is 1. The van der Waals surface area contributed by atoms with E-state index < -0.39 is 15.9 Å². The maximum absolute atomic E-state index is 14.2. The van der Waals surface area contributed by atoms with Crippen LogP contribution in [0.15, 0.2) is 53.4 Å². The largest absolute Gasteiger partial charge is 0.383 e. The standard InChI is InChI=1S/C24H23BrFN5O4S/c1-36(33,34)35-19-4-5-20(25)18(10-19)13-31-7-6-30(14-24(31)32)23(22-12-28-15-29-22)9-16-2-3-17(11-27)21(26)8-16/h2-5,8,10,12,15,23H,6-7,9,13-14H2,1H3,(H,28,29). The van der Waals surface area contributed by atoms with Gasteiger partial charge in [0, 0.05) is 30.3 Å². The molecule has 1 atom stereocenters. The molecule has 0 spiro atoms. The number of halogens is 2. The Balaban J connectivity index is 1.49. The maximum Gasteiger partial charge on any atom is 0.306 e. The van der Waals surface area contributed by atoms with E-state index >= 15 is 0 Å². The van der Waals surface area contributed by atoms with E-state index in [1.807, 2.05) is 11.0 Å². The lowest BCUT2D eigenvalue weighted by Crippen LogP contribution is -2.51. The number of rotatable bonds is 8. The lowest BCUT2D eigenvalue weighted by atomic mass is 10.00. The number of carbonyl (C=O) groups excluding carboxylic acids is 1. The lowest BCUT2D eigenvalue weighted by molar-refractivity contribution is -0.137. The summed E-state index contributed by atoms with van der Waals surface area (Å²) in [6, 6.07) is 10.9. The molecule has 36 heavy (non-hydrogen) atoms. The lowest BCUT2D eigenvalue weighted by Gasteiger charge is -2.38. The molecule has 0 saturated carbocycles. The average Bonchev–Trinajstić information content (AvgIpc) is 3.35. The van der Waals surface area contributed by atoms with E-state index in [0.717, 1.165) is 22.0 Å². The van der Waals surface area contributed by atoms with Gasteiger partial charge in [0.1, 0.15) is 17.6 Å². The molecule has 1 unspecified atom stereocenters. The fourth-order valence-electron chi connectivity index (χ4n) is 4.15. The third kappa shape index (κ3) is 6.29. The summed E-state index contributed by atoms with van der Waals surface area (Å²) in [6.07, 6.45) is 4.64. The molecule has 2 aromatic carbocycles. The van der Waals surface area contributed by atoms with Gasteiger partial charge in [0.15, 0.2) is 0 Å². The molecule has 1 aliphatic heterocycles. The van der Waals surface area contributed by atoms with E-state index in [1.54, 1.807) is 35.6 Å². The fourth-order valence-corrected chi connectivity index (χ4v) is 4.97. The molecule has 0 aliphatic carbocycles. The monoisotopic (exact) mass is 575 g/mol. The van der Waals surface area contributed by atoms with E-state index in [1.165, 1.54) is 18.2 Å². The van der Waals surface area contributed by atoms with Gasteiger partial charge in [-0.05, 0) is 47.9 Å². The van der Waals surface area contributed by atoms with E-state index in [2.05, 4.69) is 25.9 Å². The number of piperazine rings is 1. The summed E-state index contributed by atoms with van der Waals surface area (Å²) in [5, 5.41) is 9.00. The Kier molecular flexibility index (Phi) is 7.73. The highest BCUT2D eigenvalue weighted by Gasteiger charge is 2.31. The zero-order chi connectivity index (χ0) is 25.9. The summed E-state index contributed by atoms with van der Waals surface area (Å²) < 4.78 is 42.8. The minimum Gasteiger partial charge on any atom is -0.383 e. The van der Waals surface area contributed by atoms with Crippen molar-refractivity contribution in [3.8, 4) is 11.8 Å². The second kappa shape index (κ2) is 10.8. The topological polar surface area (TPSA) is 119 Å². The molecule has 12 heteroatoms. The second-order valence-electron chi connectivity index (χ2n) is 8.48. The molecule has 188 valence electrons.